The number of likely N-dealkylation sites (tertiary alicyclic amines) is 1. The molecule has 1 aromatic rings. The summed E-state index contributed by atoms with van der Waals surface area (Å²) in [4.78, 5) is 49.8. The molecule has 152 valence electrons. The Kier molecular flexibility index (Phi) is 7.36. The van der Waals surface area contributed by atoms with Crippen LogP contribution in [0, 0.1) is 0 Å². The van der Waals surface area contributed by atoms with Crippen LogP contribution < -0.4 is 10.5 Å². The molecule has 1 saturated heterocycles. The summed E-state index contributed by atoms with van der Waals surface area (Å²) in [5.74, 6) is -1.95. The first kappa shape index (κ1) is 21.2. The fourth-order valence-electron chi connectivity index (χ4n) is 3.33. The van der Waals surface area contributed by atoms with E-state index in [2.05, 4.69) is 0 Å². The van der Waals surface area contributed by atoms with E-state index in [0.717, 1.165) is 0 Å². The zero-order chi connectivity index (χ0) is 20.7. The monoisotopic (exact) mass is 391 g/mol. The van der Waals surface area contributed by atoms with Crippen LogP contribution in [0.15, 0.2) is 24.3 Å². The fourth-order valence-corrected chi connectivity index (χ4v) is 3.33. The van der Waals surface area contributed by atoms with Crippen LogP contribution in [-0.2, 0) is 14.4 Å². The van der Waals surface area contributed by atoms with Gasteiger partial charge in [0, 0.05) is 26.1 Å². The molecule has 1 fully saturated rings. The van der Waals surface area contributed by atoms with Crippen LogP contribution >= 0.6 is 0 Å². The molecule has 3 N–H and O–H groups in total. The van der Waals surface area contributed by atoms with Gasteiger partial charge in [0.1, 0.15) is 12.3 Å². The lowest BCUT2D eigenvalue weighted by molar-refractivity contribution is -0.145. The zero-order valence-corrected chi connectivity index (χ0v) is 15.8. The van der Waals surface area contributed by atoms with E-state index in [1.807, 2.05) is 0 Å². The molecule has 2 rings (SSSR count). The number of carboxylic acids is 1. The van der Waals surface area contributed by atoms with Gasteiger partial charge in [-0.2, -0.15) is 0 Å². The molecule has 0 saturated carbocycles. The Labute approximate surface area is 163 Å². The molecule has 1 heterocycles. The van der Waals surface area contributed by atoms with Crippen molar-refractivity contribution in [3.63, 3.8) is 0 Å². The SMILES string of the molecule is CC(=O)N(CC(=O)O)C1CCCN(C(=O)c2ccccc2OCC(N)=O)CC1. The summed E-state index contributed by atoms with van der Waals surface area (Å²) >= 11 is 0. The quantitative estimate of drug-likeness (QED) is 0.695. The third-order valence-corrected chi connectivity index (χ3v) is 4.62. The summed E-state index contributed by atoms with van der Waals surface area (Å²) in [5, 5.41) is 9.04. The van der Waals surface area contributed by atoms with Gasteiger partial charge in [-0.05, 0) is 31.4 Å². The fraction of sp³-hybridized carbons (Fsp3) is 0.474. The van der Waals surface area contributed by atoms with Crippen molar-refractivity contribution in [1.82, 2.24) is 9.80 Å². The number of amides is 3. The van der Waals surface area contributed by atoms with Gasteiger partial charge in [0.25, 0.3) is 11.8 Å². The van der Waals surface area contributed by atoms with Gasteiger partial charge in [-0.25, -0.2) is 0 Å². The molecule has 1 aromatic carbocycles. The summed E-state index contributed by atoms with van der Waals surface area (Å²) < 4.78 is 5.34. The molecule has 0 spiro atoms. The van der Waals surface area contributed by atoms with E-state index in [0.29, 0.717) is 37.9 Å². The number of benzene rings is 1. The highest BCUT2D eigenvalue weighted by atomic mass is 16.5. The number of para-hydroxylation sites is 1. The van der Waals surface area contributed by atoms with Gasteiger partial charge >= 0.3 is 5.97 Å². The van der Waals surface area contributed by atoms with Crippen LogP contribution in [0.1, 0.15) is 36.5 Å². The Morgan fingerprint density at radius 2 is 1.93 bits per heavy atom. The Hall–Kier alpha value is -3.10. The van der Waals surface area contributed by atoms with Crippen LogP contribution in [0.3, 0.4) is 0 Å². The zero-order valence-electron chi connectivity index (χ0n) is 15.8. The smallest absolute Gasteiger partial charge is 0.323 e. The minimum Gasteiger partial charge on any atom is -0.483 e. The van der Waals surface area contributed by atoms with Gasteiger partial charge in [0.2, 0.25) is 5.91 Å². The predicted octanol–water partition coefficient (Wildman–Crippen LogP) is 0.479. The second-order valence-electron chi connectivity index (χ2n) is 6.67. The lowest BCUT2D eigenvalue weighted by Gasteiger charge is -2.29. The van der Waals surface area contributed by atoms with Crippen LogP contribution in [0.5, 0.6) is 5.75 Å². The first-order valence-electron chi connectivity index (χ1n) is 9.08. The number of rotatable bonds is 7. The van der Waals surface area contributed by atoms with Gasteiger partial charge in [-0.3, -0.25) is 19.2 Å². The van der Waals surface area contributed by atoms with Gasteiger partial charge in [-0.15, -0.1) is 0 Å². The molecule has 1 atom stereocenters. The number of carbonyl (C=O) groups is 4. The number of nitrogens with two attached hydrogens (primary N) is 1. The number of ether oxygens (including phenoxy) is 1. The molecule has 3 amide bonds. The number of carbonyl (C=O) groups excluding carboxylic acids is 3. The molecular formula is C19H25N3O6. The summed E-state index contributed by atoms with van der Waals surface area (Å²) in [6.45, 7) is 1.55. The van der Waals surface area contributed by atoms with Crippen molar-refractivity contribution >= 4 is 23.7 Å². The molecule has 1 aliphatic heterocycles. The molecule has 0 aliphatic carbocycles. The molecule has 0 radical (unpaired) electrons. The molecule has 1 aliphatic rings. The molecule has 0 bridgehead atoms. The van der Waals surface area contributed by atoms with Crippen LogP contribution in [-0.4, -0.2) is 70.9 Å². The highest BCUT2D eigenvalue weighted by molar-refractivity contribution is 5.97. The van der Waals surface area contributed by atoms with E-state index in [4.69, 9.17) is 15.6 Å². The first-order valence-corrected chi connectivity index (χ1v) is 9.08. The number of aliphatic carboxylic acids is 1. The highest BCUT2D eigenvalue weighted by Crippen LogP contribution is 2.23. The topological polar surface area (TPSA) is 130 Å². The van der Waals surface area contributed by atoms with Crippen LogP contribution in [0.2, 0.25) is 0 Å². The summed E-state index contributed by atoms with van der Waals surface area (Å²) in [6.07, 6.45) is 1.75. The highest BCUT2D eigenvalue weighted by Gasteiger charge is 2.28. The average Bonchev–Trinajstić information content (AvgIpc) is 2.89. The maximum atomic E-state index is 13.0. The minimum absolute atomic E-state index is 0.229. The van der Waals surface area contributed by atoms with E-state index in [-0.39, 0.29) is 36.8 Å². The Balaban J connectivity index is 2.09. The van der Waals surface area contributed by atoms with Gasteiger partial charge in [0.15, 0.2) is 6.61 Å². The van der Waals surface area contributed by atoms with Gasteiger partial charge < -0.3 is 25.4 Å². The number of hydrogen-bond acceptors (Lipinski definition) is 5. The van der Waals surface area contributed by atoms with Crippen molar-refractivity contribution in [2.75, 3.05) is 26.2 Å². The van der Waals surface area contributed by atoms with Crippen molar-refractivity contribution in [3.8, 4) is 5.75 Å². The average molecular weight is 391 g/mol. The Morgan fingerprint density at radius 1 is 1.21 bits per heavy atom. The summed E-state index contributed by atoms with van der Waals surface area (Å²) in [7, 11) is 0. The first-order chi connectivity index (χ1) is 13.3. The van der Waals surface area contributed by atoms with E-state index in [9.17, 15) is 19.2 Å². The Bertz CT molecular complexity index is 751. The van der Waals surface area contributed by atoms with Crippen LogP contribution in [0.25, 0.3) is 0 Å². The van der Waals surface area contributed by atoms with Gasteiger partial charge in [-0.1, -0.05) is 12.1 Å². The largest absolute Gasteiger partial charge is 0.483 e. The number of hydrogen-bond donors (Lipinski definition) is 2. The lowest BCUT2D eigenvalue weighted by Crippen LogP contribution is -2.43. The molecule has 9 nitrogen and oxygen atoms in total. The molecule has 28 heavy (non-hydrogen) atoms. The van der Waals surface area contributed by atoms with E-state index in [1.165, 1.54) is 11.8 Å². The van der Waals surface area contributed by atoms with E-state index < -0.39 is 11.9 Å². The molecule has 0 aromatic heterocycles. The molecule has 1 unspecified atom stereocenters. The van der Waals surface area contributed by atoms with Gasteiger partial charge in [0.05, 0.1) is 5.56 Å². The van der Waals surface area contributed by atoms with Crippen molar-refractivity contribution in [3.05, 3.63) is 29.8 Å². The normalized spacial score (nSPS) is 16.8. The molecular weight excluding hydrogens is 366 g/mol. The maximum absolute atomic E-state index is 13.0. The summed E-state index contributed by atoms with van der Waals surface area (Å²) in [6, 6.07) is 6.39. The second kappa shape index (κ2) is 9.72. The van der Waals surface area contributed by atoms with Crippen molar-refractivity contribution in [2.24, 2.45) is 5.73 Å². The van der Waals surface area contributed by atoms with Crippen molar-refractivity contribution < 1.29 is 29.0 Å². The van der Waals surface area contributed by atoms with Crippen molar-refractivity contribution in [1.29, 1.82) is 0 Å². The number of carboxylic acid groups (broad SMARTS) is 1. The van der Waals surface area contributed by atoms with E-state index >= 15 is 0 Å². The predicted molar refractivity (Wildman–Crippen MR) is 99.7 cm³/mol. The van der Waals surface area contributed by atoms with Crippen molar-refractivity contribution in [2.45, 2.75) is 32.2 Å². The second-order valence-corrected chi connectivity index (χ2v) is 6.67. The minimum atomic E-state index is -1.06. The third kappa shape index (κ3) is 5.70. The third-order valence-electron chi connectivity index (χ3n) is 4.62. The lowest BCUT2D eigenvalue weighted by atomic mass is 10.1. The molecule has 9 heteroatoms. The standard InChI is InChI=1S/C19H25N3O6/c1-13(23)22(11-18(25)26)14-5-4-9-21(10-8-14)19(27)15-6-2-3-7-16(15)28-12-17(20)24/h2-3,6-7,14H,4-5,8-12H2,1H3,(H2,20,24)(H,25,26). The maximum Gasteiger partial charge on any atom is 0.323 e. The van der Waals surface area contributed by atoms with Crippen LogP contribution in [0.4, 0.5) is 0 Å². The summed E-state index contributed by atoms with van der Waals surface area (Å²) in [5.41, 5.74) is 5.43. The number of primary amides is 1. The Morgan fingerprint density at radius 3 is 2.57 bits per heavy atom. The number of nitrogens with zero attached hydrogens (tertiary/aromatic N) is 2. The van der Waals surface area contributed by atoms with E-state index in [1.54, 1.807) is 29.2 Å².